The zero-order valence-electron chi connectivity index (χ0n) is 6.52. The third-order valence-electron chi connectivity index (χ3n) is 0.682. The summed E-state index contributed by atoms with van der Waals surface area (Å²) in [6.45, 7) is 1.68. The molecule has 0 rings (SSSR count). The van der Waals surface area contributed by atoms with E-state index in [4.69, 9.17) is 5.90 Å². The largest absolute Gasteiger partial charge is 0.549 e. The average molecular weight is 233 g/mol. The first kappa shape index (κ1) is 13.7. The van der Waals surface area contributed by atoms with Gasteiger partial charge < -0.3 is 15.5 Å². The zero-order valence-corrected chi connectivity index (χ0v) is 9.36. The molecule has 1 N–H and O–H groups in total. The summed E-state index contributed by atoms with van der Waals surface area (Å²) in [5.74, 6) is 6.41. The molecule has 11 heavy (non-hydrogen) atoms. The van der Waals surface area contributed by atoms with Crippen molar-refractivity contribution < 1.29 is 42.3 Å². The SMILES string of the molecule is CO/C=N/N=C\C(C)O[NH-].[Y]. The van der Waals surface area contributed by atoms with Gasteiger partial charge in [-0.3, -0.25) is 0 Å². The normalized spacial score (nSPS) is 13.4. The second-order valence-corrected chi connectivity index (χ2v) is 1.54. The molecule has 0 spiro atoms. The van der Waals surface area contributed by atoms with Crippen LogP contribution in [0.15, 0.2) is 10.2 Å². The Morgan fingerprint density at radius 3 is 2.55 bits per heavy atom. The second-order valence-electron chi connectivity index (χ2n) is 1.54. The van der Waals surface area contributed by atoms with E-state index in [1.165, 1.54) is 19.7 Å². The summed E-state index contributed by atoms with van der Waals surface area (Å²) in [5.41, 5.74) is 0. The number of methoxy groups -OCH3 is 1. The Bertz CT molecular complexity index is 129. The monoisotopic (exact) mass is 233 g/mol. The number of hydrogen-bond acceptors (Lipinski definition) is 4. The first-order valence-electron chi connectivity index (χ1n) is 2.71. The Balaban J connectivity index is 0. The molecule has 6 heteroatoms. The maximum Gasteiger partial charge on any atom is 0.194 e. The van der Waals surface area contributed by atoms with Crippen LogP contribution in [0.25, 0.3) is 5.90 Å². The van der Waals surface area contributed by atoms with E-state index in [0.29, 0.717) is 0 Å². The van der Waals surface area contributed by atoms with Crippen LogP contribution in [0, 0.1) is 0 Å². The van der Waals surface area contributed by atoms with E-state index in [2.05, 4.69) is 19.8 Å². The van der Waals surface area contributed by atoms with Gasteiger partial charge in [0.05, 0.1) is 19.4 Å². The van der Waals surface area contributed by atoms with Crippen LogP contribution in [0.4, 0.5) is 0 Å². The van der Waals surface area contributed by atoms with Gasteiger partial charge in [0.25, 0.3) is 0 Å². The van der Waals surface area contributed by atoms with Crippen molar-refractivity contribution in [3.63, 3.8) is 0 Å². The van der Waals surface area contributed by atoms with E-state index in [1.807, 2.05) is 0 Å². The summed E-state index contributed by atoms with van der Waals surface area (Å²) in [6.07, 6.45) is 2.24. The molecule has 61 valence electrons. The van der Waals surface area contributed by atoms with Crippen LogP contribution in [-0.4, -0.2) is 25.8 Å². The van der Waals surface area contributed by atoms with Gasteiger partial charge in [-0.1, -0.05) is 0 Å². The van der Waals surface area contributed by atoms with Crippen LogP contribution < -0.4 is 0 Å². The molecule has 0 aliphatic heterocycles. The maximum absolute atomic E-state index is 6.41. The van der Waals surface area contributed by atoms with Crippen LogP contribution in [0.5, 0.6) is 0 Å². The Morgan fingerprint density at radius 2 is 2.09 bits per heavy atom. The number of ether oxygens (including phenoxy) is 1. The molecule has 1 atom stereocenters. The summed E-state index contributed by atoms with van der Waals surface area (Å²) >= 11 is 0. The minimum Gasteiger partial charge on any atom is -0.549 e. The van der Waals surface area contributed by atoms with Crippen molar-refractivity contribution in [3.05, 3.63) is 5.90 Å². The molecule has 0 heterocycles. The molecule has 0 aromatic carbocycles. The van der Waals surface area contributed by atoms with Gasteiger partial charge in [-0.2, -0.15) is 5.10 Å². The van der Waals surface area contributed by atoms with Gasteiger partial charge in [-0.05, 0) is 6.92 Å². The molecule has 1 radical (unpaired) electrons. The molecule has 1 unspecified atom stereocenters. The van der Waals surface area contributed by atoms with Gasteiger partial charge in [0.15, 0.2) is 6.40 Å². The molecule has 0 fully saturated rings. The Hall–Kier alpha value is 0.164. The molecule has 0 bridgehead atoms. The molecule has 0 amide bonds. The molecule has 0 aromatic rings. The first-order valence-corrected chi connectivity index (χ1v) is 2.71. The minimum atomic E-state index is -0.339. The third kappa shape index (κ3) is 10.2. The summed E-state index contributed by atoms with van der Waals surface area (Å²) in [5, 5.41) is 6.94. The van der Waals surface area contributed by atoms with Crippen molar-refractivity contribution >= 4 is 12.6 Å². The van der Waals surface area contributed by atoms with Crippen molar-refractivity contribution in [2.45, 2.75) is 13.0 Å². The van der Waals surface area contributed by atoms with Gasteiger partial charge in [-0.15, -0.1) is 5.10 Å². The van der Waals surface area contributed by atoms with E-state index in [9.17, 15) is 0 Å². The van der Waals surface area contributed by atoms with Crippen molar-refractivity contribution in [3.8, 4) is 0 Å². The van der Waals surface area contributed by atoms with Gasteiger partial charge in [-0.25, -0.2) is 0 Å². The average Bonchev–Trinajstić information content (AvgIpc) is 1.98. The van der Waals surface area contributed by atoms with Gasteiger partial charge in [0.2, 0.25) is 0 Å². The summed E-state index contributed by atoms with van der Waals surface area (Å²) in [7, 11) is 1.48. The number of nitrogens with zero attached hydrogens (tertiary/aromatic N) is 2. The smallest absolute Gasteiger partial charge is 0.194 e. The van der Waals surface area contributed by atoms with E-state index in [-0.39, 0.29) is 38.8 Å². The second kappa shape index (κ2) is 10.2. The number of hydrogen-bond donors (Lipinski definition) is 0. The predicted octanol–water partition coefficient (Wildman–Crippen LogP) is 1.02. The van der Waals surface area contributed by atoms with Crippen LogP contribution in [0.1, 0.15) is 6.92 Å². The summed E-state index contributed by atoms with van der Waals surface area (Å²) in [4.78, 5) is 4.12. The summed E-state index contributed by atoms with van der Waals surface area (Å²) < 4.78 is 4.46. The zero-order chi connectivity index (χ0) is 7.82. The fourth-order valence-corrected chi connectivity index (χ4v) is 0.237. The van der Waals surface area contributed by atoms with E-state index in [1.54, 1.807) is 6.92 Å². The van der Waals surface area contributed by atoms with Crippen LogP contribution in [0.3, 0.4) is 0 Å². The fourth-order valence-electron chi connectivity index (χ4n) is 0.237. The van der Waals surface area contributed by atoms with Crippen molar-refractivity contribution in [2.24, 2.45) is 10.2 Å². The van der Waals surface area contributed by atoms with E-state index < -0.39 is 0 Å². The van der Waals surface area contributed by atoms with Crippen LogP contribution in [-0.2, 0) is 42.3 Å². The van der Waals surface area contributed by atoms with E-state index in [0.717, 1.165) is 0 Å². The molecule has 0 aliphatic carbocycles. The quantitative estimate of drug-likeness (QED) is 0.413. The fraction of sp³-hybridized carbons (Fsp3) is 0.600. The Morgan fingerprint density at radius 1 is 1.45 bits per heavy atom. The molecule has 0 aliphatic rings. The van der Waals surface area contributed by atoms with Crippen molar-refractivity contribution in [1.29, 1.82) is 0 Å². The predicted molar refractivity (Wildman–Crippen MR) is 38.9 cm³/mol. The molecule has 0 saturated carbocycles. The molecule has 0 saturated heterocycles. The minimum absolute atomic E-state index is 0. The molecule has 5 nitrogen and oxygen atoms in total. The first-order chi connectivity index (χ1) is 4.81. The standard InChI is InChI=1S/C5H10N3O2.Y/c1-5(10-6)3-7-8-4-9-2;/h3-6H,1-2H3;/q-1;/b7-3-,8-4+;. The topological polar surface area (TPSA) is 67.0 Å². The maximum atomic E-state index is 6.41. The third-order valence-corrected chi connectivity index (χ3v) is 0.682. The van der Waals surface area contributed by atoms with Crippen LogP contribution in [0.2, 0.25) is 0 Å². The molecular formula is C5H10N3O2Y-. The number of nitrogens with one attached hydrogen (secondary N) is 1. The Kier molecular flexibility index (Phi) is 12.7. The van der Waals surface area contributed by atoms with Gasteiger partial charge in [0.1, 0.15) is 0 Å². The van der Waals surface area contributed by atoms with Gasteiger partial charge in [0, 0.05) is 32.7 Å². The van der Waals surface area contributed by atoms with Gasteiger partial charge >= 0.3 is 0 Å². The van der Waals surface area contributed by atoms with Crippen molar-refractivity contribution in [1.82, 2.24) is 0 Å². The summed E-state index contributed by atoms with van der Waals surface area (Å²) in [6, 6.07) is 0. The number of rotatable bonds is 4. The molecule has 0 aromatic heterocycles. The van der Waals surface area contributed by atoms with Crippen molar-refractivity contribution in [2.75, 3.05) is 7.11 Å². The Labute approximate surface area is 90.9 Å². The van der Waals surface area contributed by atoms with Crippen LogP contribution >= 0.6 is 0 Å². The molecular weight excluding hydrogens is 223 g/mol. The van der Waals surface area contributed by atoms with E-state index >= 15 is 0 Å².